The third kappa shape index (κ3) is 2.94. The Morgan fingerprint density at radius 3 is 2.05 bits per heavy atom. The van der Waals surface area contributed by atoms with E-state index in [2.05, 4.69) is 5.32 Å². The second kappa shape index (κ2) is 4.82. The van der Waals surface area contributed by atoms with Gasteiger partial charge in [-0.05, 0) is 49.3 Å². The zero-order valence-corrected chi connectivity index (χ0v) is 10.7. The van der Waals surface area contributed by atoms with Crippen LogP contribution in [0.3, 0.4) is 0 Å². The number of benzene rings is 1. The van der Waals surface area contributed by atoms with E-state index in [1.807, 2.05) is 0 Å². The van der Waals surface area contributed by atoms with E-state index in [0.717, 1.165) is 5.56 Å². The first-order valence-corrected chi connectivity index (χ1v) is 6.97. The molecule has 0 saturated heterocycles. The van der Waals surface area contributed by atoms with Crippen LogP contribution in [0.4, 0.5) is 13.2 Å². The normalized spacial score (nSPS) is 22.1. The molecule has 2 aliphatic rings. The molecule has 3 rings (SSSR count). The number of hydrogen-bond donors (Lipinski definition) is 1. The van der Waals surface area contributed by atoms with E-state index in [1.54, 1.807) is 12.1 Å². The first-order valence-electron chi connectivity index (χ1n) is 6.97. The maximum Gasteiger partial charge on any atom is 0.416 e. The van der Waals surface area contributed by atoms with Crippen molar-refractivity contribution in [1.29, 1.82) is 0 Å². The van der Waals surface area contributed by atoms with Gasteiger partial charge in [-0.3, -0.25) is 0 Å². The fraction of sp³-hybridized carbons (Fsp3) is 0.600. The third-order valence-electron chi connectivity index (χ3n) is 4.21. The van der Waals surface area contributed by atoms with Crippen molar-refractivity contribution in [1.82, 2.24) is 5.32 Å². The highest BCUT2D eigenvalue weighted by molar-refractivity contribution is 5.28. The van der Waals surface area contributed by atoms with Gasteiger partial charge < -0.3 is 5.32 Å². The molecule has 2 aliphatic carbocycles. The van der Waals surface area contributed by atoms with Gasteiger partial charge in [-0.2, -0.15) is 13.2 Å². The van der Waals surface area contributed by atoms with E-state index in [9.17, 15) is 13.2 Å². The van der Waals surface area contributed by atoms with Gasteiger partial charge in [-0.1, -0.05) is 18.6 Å². The molecule has 1 atom stereocenters. The molecule has 0 heterocycles. The Labute approximate surface area is 111 Å². The van der Waals surface area contributed by atoms with Crippen molar-refractivity contribution in [3.05, 3.63) is 35.4 Å². The van der Waals surface area contributed by atoms with Crippen LogP contribution in [-0.4, -0.2) is 6.04 Å². The van der Waals surface area contributed by atoms with Gasteiger partial charge in [-0.15, -0.1) is 0 Å². The molecule has 0 radical (unpaired) electrons. The average molecular weight is 269 g/mol. The summed E-state index contributed by atoms with van der Waals surface area (Å²) in [5.41, 5.74) is 0.444. The van der Waals surface area contributed by atoms with Crippen molar-refractivity contribution in [2.45, 2.75) is 50.4 Å². The predicted molar refractivity (Wildman–Crippen MR) is 67.7 cm³/mol. The lowest BCUT2D eigenvalue weighted by Crippen LogP contribution is -2.33. The fourth-order valence-electron chi connectivity index (χ4n) is 2.66. The lowest BCUT2D eigenvalue weighted by atomic mass is 9.77. The molecule has 0 bridgehead atoms. The minimum Gasteiger partial charge on any atom is -0.307 e. The molecule has 2 fully saturated rings. The molecular formula is C15H18F3N. The van der Waals surface area contributed by atoms with E-state index < -0.39 is 11.7 Å². The van der Waals surface area contributed by atoms with E-state index >= 15 is 0 Å². The van der Waals surface area contributed by atoms with Gasteiger partial charge >= 0.3 is 6.18 Å². The summed E-state index contributed by atoms with van der Waals surface area (Å²) in [5, 5.41) is 3.59. The first-order chi connectivity index (χ1) is 9.04. The van der Waals surface area contributed by atoms with E-state index in [1.165, 1.54) is 44.2 Å². The molecule has 1 aromatic carbocycles. The maximum atomic E-state index is 12.6. The van der Waals surface area contributed by atoms with Crippen LogP contribution in [0.25, 0.3) is 0 Å². The second-order valence-electron chi connectivity index (χ2n) is 5.73. The monoisotopic (exact) mass is 269 g/mol. The van der Waals surface area contributed by atoms with Crippen LogP contribution in [0.1, 0.15) is 49.3 Å². The number of alkyl halides is 3. The summed E-state index contributed by atoms with van der Waals surface area (Å²) < 4.78 is 37.7. The first kappa shape index (κ1) is 13.0. The van der Waals surface area contributed by atoms with Gasteiger partial charge in [-0.25, -0.2) is 0 Å². The number of nitrogens with one attached hydrogen (secondary N) is 1. The summed E-state index contributed by atoms with van der Waals surface area (Å²) in [6.07, 6.45) is 1.77. The number of halogens is 3. The molecule has 0 amide bonds. The van der Waals surface area contributed by atoms with Crippen LogP contribution in [0.2, 0.25) is 0 Å². The van der Waals surface area contributed by atoms with Crippen LogP contribution in [0.15, 0.2) is 24.3 Å². The lowest BCUT2D eigenvalue weighted by molar-refractivity contribution is -0.137. The van der Waals surface area contributed by atoms with E-state index in [-0.39, 0.29) is 6.04 Å². The van der Waals surface area contributed by atoms with Crippen LogP contribution in [0.5, 0.6) is 0 Å². The highest BCUT2D eigenvalue weighted by atomic mass is 19.4. The molecule has 4 heteroatoms. The van der Waals surface area contributed by atoms with Crippen molar-refractivity contribution in [3.8, 4) is 0 Å². The number of rotatable bonds is 4. The van der Waals surface area contributed by atoms with Crippen molar-refractivity contribution >= 4 is 0 Å². The molecule has 0 aliphatic heterocycles. The highest BCUT2D eigenvalue weighted by Crippen LogP contribution is 2.40. The Kier molecular flexibility index (Phi) is 3.29. The predicted octanol–water partition coefficient (Wildman–Crippen LogP) is 4.30. The van der Waals surface area contributed by atoms with Crippen molar-refractivity contribution in [2.75, 3.05) is 0 Å². The van der Waals surface area contributed by atoms with Gasteiger partial charge in [0.05, 0.1) is 5.56 Å². The summed E-state index contributed by atoms with van der Waals surface area (Å²) in [6.45, 7) is 0. The number of hydrogen-bond acceptors (Lipinski definition) is 1. The van der Waals surface area contributed by atoms with Crippen molar-refractivity contribution in [2.24, 2.45) is 5.92 Å². The molecule has 1 N–H and O–H groups in total. The summed E-state index contributed by atoms with van der Waals surface area (Å²) >= 11 is 0. The Bertz CT molecular complexity index is 430. The van der Waals surface area contributed by atoms with Gasteiger partial charge in [0.25, 0.3) is 0 Å². The van der Waals surface area contributed by atoms with Crippen LogP contribution < -0.4 is 5.32 Å². The standard InChI is InChI=1S/C15H18F3N/c16-15(17,18)12-6-4-11(5-7-12)14(10-2-1-3-10)19-13-8-9-13/h4-7,10,13-14,19H,1-3,8-9H2. The molecule has 2 saturated carbocycles. The van der Waals surface area contributed by atoms with Gasteiger partial charge in [0, 0.05) is 12.1 Å². The van der Waals surface area contributed by atoms with Gasteiger partial charge in [0.1, 0.15) is 0 Å². The van der Waals surface area contributed by atoms with Gasteiger partial charge in [0.15, 0.2) is 0 Å². The quantitative estimate of drug-likeness (QED) is 0.859. The summed E-state index contributed by atoms with van der Waals surface area (Å²) in [4.78, 5) is 0. The average Bonchev–Trinajstić information content (AvgIpc) is 3.09. The summed E-state index contributed by atoms with van der Waals surface area (Å²) in [6, 6.07) is 6.50. The Morgan fingerprint density at radius 1 is 1.00 bits per heavy atom. The Morgan fingerprint density at radius 2 is 1.63 bits per heavy atom. The van der Waals surface area contributed by atoms with Crippen molar-refractivity contribution in [3.63, 3.8) is 0 Å². The second-order valence-corrected chi connectivity index (χ2v) is 5.73. The molecule has 1 nitrogen and oxygen atoms in total. The topological polar surface area (TPSA) is 12.0 Å². The zero-order valence-electron chi connectivity index (χ0n) is 10.7. The smallest absolute Gasteiger partial charge is 0.307 e. The van der Waals surface area contributed by atoms with Crippen LogP contribution >= 0.6 is 0 Å². The minimum absolute atomic E-state index is 0.239. The molecule has 19 heavy (non-hydrogen) atoms. The molecule has 1 aromatic rings. The Balaban J connectivity index is 1.77. The van der Waals surface area contributed by atoms with Crippen LogP contribution in [-0.2, 0) is 6.18 Å². The Hall–Kier alpha value is -1.03. The molecule has 1 unspecified atom stereocenters. The molecule has 0 spiro atoms. The molecule has 104 valence electrons. The summed E-state index contributed by atoms with van der Waals surface area (Å²) in [7, 11) is 0. The van der Waals surface area contributed by atoms with Crippen molar-refractivity contribution < 1.29 is 13.2 Å². The largest absolute Gasteiger partial charge is 0.416 e. The van der Waals surface area contributed by atoms with Crippen LogP contribution in [0, 0.1) is 5.92 Å². The third-order valence-corrected chi connectivity index (χ3v) is 4.21. The minimum atomic E-state index is -4.24. The van der Waals surface area contributed by atoms with Gasteiger partial charge in [0.2, 0.25) is 0 Å². The summed E-state index contributed by atoms with van der Waals surface area (Å²) in [5.74, 6) is 0.595. The lowest BCUT2D eigenvalue weighted by Gasteiger charge is -2.35. The fourth-order valence-corrected chi connectivity index (χ4v) is 2.66. The zero-order chi connectivity index (χ0) is 13.5. The molecule has 0 aromatic heterocycles. The van der Waals surface area contributed by atoms with E-state index in [0.29, 0.717) is 12.0 Å². The molecular weight excluding hydrogens is 251 g/mol. The van der Waals surface area contributed by atoms with E-state index in [4.69, 9.17) is 0 Å². The highest BCUT2D eigenvalue weighted by Gasteiger charge is 2.34. The maximum absolute atomic E-state index is 12.6. The SMILES string of the molecule is FC(F)(F)c1ccc(C(NC2CC2)C2CCC2)cc1.